The van der Waals surface area contributed by atoms with Crippen molar-refractivity contribution in [2.75, 3.05) is 62.8 Å². The quantitative estimate of drug-likeness (QED) is 0.657. The van der Waals surface area contributed by atoms with Gasteiger partial charge in [-0.05, 0) is 24.3 Å². The third kappa shape index (κ3) is 5.40. The van der Waals surface area contributed by atoms with Gasteiger partial charge in [0.05, 0.1) is 18.1 Å². The fraction of sp³-hybridized carbons (Fsp3) is 0.571. The van der Waals surface area contributed by atoms with E-state index >= 15 is 0 Å². The summed E-state index contributed by atoms with van der Waals surface area (Å²) in [6.07, 6.45) is -0.568. The molecule has 0 bridgehead atoms. The monoisotopic (exact) mass is 434 g/mol. The minimum atomic E-state index is -0.338. The number of nitrogens with zero attached hydrogens (tertiary/aromatic N) is 3. The summed E-state index contributed by atoms with van der Waals surface area (Å²) in [4.78, 5) is 30.7. The number of ether oxygens (including phenoxy) is 2. The van der Waals surface area contributed by atoms with E-state index in [2.05, 4.69) is 10.2 Å². The molecule has 2 heterocycles. The van der Waals surface area contributed by atoms with Gasteiger partial charge in [-0.3, -0.25) is 9.69 Å². The summed E-state index contributed by atoms with van der Waals surface area (Å²) < 4.78 is 10.4. The van der Waals surface area contributed by atoms with Gasteiger partial charge < -0.3 is 24.6 Å². The second-order valence-corrected chi connectivity index (χ2v) is 8.27. The molecule has 164 valence electrons. The third-order valence-corrected chi connectivity index (χ3v) is 5.94. The lowest BCUT2D eigenvalue weighted by Crippen LogP contribution is -2.49. The number of anilines is 2. The SMILES string of the molecule is COCC(=O)N1CCN(c2ccc(N3CC(CNC(=S)C(C)C)OC3=O)cc2)CC1. The molecule has 2 amide bonds. The molecule has 0 radical (unpaired) electrons. The van der Waals surface area contributed by atoms with Crippen LogP contribution >= 0.6 is 12.2 Å². The Bertz CT molecular complexity index is 763. The van der Waals surface area contributed by atoms with Crippen LogP contribution in [-0.2, 0) is 14.3 Å². The number of hydrogen-bond acceptors (Lipinski definition) is 6. The molecule has 1 aromatic rings. The molecule has 0 saturated carbocycles. The number of amides is 2. The summed E-state index contributed by atoms with van der Waals surface area (Å²) in [7, 11) is 1.53. The van der Waals surface area contributed by atoms with Crippen molar-refractivity contribution in [3.05, 3.63) is 24.3 Å². The van der Waals surface area contributed by atoms with E-state index in [-0.39, 0.29) is 30.6 Å². The Morgan fingerprint density at radius 3 is 2.43 bits per heavy atom. The number of benzene rings is 1. The fourth-order valence-electron chi connectivity index (χ4n) is 3.53. The first-order chi connectivity index (χ1) is 14.4. The van der Waals surface area contributed by atoms with Gasteiger partial charge in [0.15, 0.2) is 0 Å². The summed E-state index contributed by atoms with van der Waals surface area (Å²) in [5, 5.41) is 3.17. The zero-order valence-corrected chi connectivity index (χ0v) is 18.6. The van der Waals surface area contributed by atoms with Crippen molar-refractivity contribution in [2.24, 2.45) is 5.92 Å². The Morgan fingerprint density at radius 2 is 1.83 bits per heavy atom. The van der Waals surface area contributed by atoms with E-state index < -0.39 is 0 Å². The van der Waals surface area contributed by atoms with Crippen molar-refractivity contribution in [3.8, 4) is 0 Å². The van der Waals surface area contributed by atoms with E-state index in [0.29, 0.717) is 26.2 Å². The number of hydrogen-bond donors (Lipinski definition) is 1. The van der Waals surface area contributed by atoms with Crippen LogP contribution < -0.4 is 15.1 Å². The topological polar surface area (TPSA) is 74.3 Å². The number of thiocarbonyl (C=S) groups is 1. The lowest BCUT2D eigenvalue weighted by Gasteiger charge is -2.36. The van der Waals surface area contributed by atoms with Gasteiger partial charge in [-0.1, -0.05) is 26.1 Å². The van der Waals surface area contributed by atoms with Crippen LogP contribution in [0.2, 0.25) is 0 Å². The second-order valence-electron chi connectivity index (χ2n) is 7.83. The molecule has 9 heteroatoms. The number of piperazine rings is 1. The van der Waals surface area contributed by atoms with Crippen molar-refractivity contribution in [2.45, 2.75) is 20.0 Å². The number of cyclic esters (lactones) is 1. The van der Waals surface area contributed by atoms with Gasteiger partial charge in [-0.15, -0.1) is 0 Å². The van der Waals surface area contributed by atoms with Crippen LogP contribution in [0.25, 0.3) is 0 Å². The van der Waals surface area contributed by atoms with Gasteiger partial charge >= 0.3 is 6.09 Å². The number of carbonyl (C=O) groups excluding carboxylic acids is 2. The Hall–Kier alpha value is -2.39. The van der Waals surface area contributed by atoms with E-state index in [9.17, 15) is 9.59 Å². The summed E-state index contributed by atoms with van der Waals surface area (Å²) in [6, 6.07) is 7.89. The lowest BCUT2D eigenvalue weighted by molar-refractivity contribution is -0.135. The summed E-state index contributed by atoms with van der Waals surface area (Å²) in [5.41, 5.74) is 1.89. The van der Waals surface area contributed by atoms with Crippen LogP contribution in [0, 0.1) is 5.92 Å². The Morgan fingerprint density at radius 1 is 1.20 bits per heavy atom. The molecule has 8 nitrogen and oxygen atoms in total. The predicted molar refractivity (Wildman–Crippen MR) is 120 cm³/mol. The first kappa shape index (κ1) is 22.3. The highest BCUT2D eigenvalue weighted by Crippen LogP contribution is 2.25. The Balaban J connectivity index is 1.53. The van der Waals surface area contributed by atoms with Crippen molar-refractivity contribution < 1.29 is 19.1 Å². The average Bonchev–Trinajstić information content (AvgIpc) is 3.13. The largest absolute Gasteiger partial charge is 0.442 e. The van der Waals surface area contributed by atoms with E-state index in [1.807, 2.05) is 43.0 Å². The first-order valence-corrected chi connectivity index (χ1v) is 10.7. The maximum Gasteiger partial charge on any atom is 0.414 e. The maximum atomic E-state index is 12.3. The number of methoxy groups -OCH3 is 1. The van der Waals surface area contributed by atoms with Gasteiger partial charge in [0.2, 0.25) is 5.91 Å². The maximum absolute atomic E-state index is 12.3. The standard InChI is InChI=1S/C21H30N4O4S/c1-15(2)20(30)22-12-18-13-25(21(27)29-18)17-6-4-16(5-7-17)23-8-10-24(11-9-23)19(26)14-28-3/h4-7,15,18H,8-14H2,1-3H3,(H,22,30). The molecular weight excluding hydrogens is 404 g/mol. The van der Waals surface area contributed by atoms with Crippen LogP contribution in [0.4, 0.5) is 16.2 Å². The van der Waals surface area contributed by atoms with Crippen LogP contribution in [0.15, 0.2) is 24.3 Å². The second kappa shape index (κ2) is 10.1. The van der Waals surface area contributed by atoms with Crippen molar-refractivity contribution >= 4 is 40.6 Å². The van der Waals surface area contributed by atoms with Gasteiger partial charge in [0.1, 0.15) is 12.7 Å². The normalized spacial score (nSPS) is 19.3. The molecule has 2 aliphatic heterocycles. The molecule has 1 unspecified atom stereocenters. The van der Waals surface area contributed by atoms with Gasteiger partial charge in [0, 0.05) is 50.6 Å². The first-order valence-electron chi connectivity index (χ1n) is 10.3. The minimum absolute atomic E-state index is 0.0262. The molecule has 1 aromatic carbocycles. The van der Waals surface area contributed by atoms with E-state index in [1.54, 1.807) is 4.90 Å². The zero-order chi connectivity index (χ0) is 21.7. The molecule has 2 aliphatic rings. The highest BCUT2D eigenvalue weighted by Gasteiger charge is 2.32. The van der Waals surface area contributed by atoms with Crippen molar-refractivity contribution in [1.82, 2.24) is 10.2 Å². The fourth-order valence-corrected chi connectivity index (χ4v) is 3.61. The van der Waals surface area contributed by atoms with E-state index in [0.717, 1.165) is 29.5 Å². The van der Waals surface area contributed by atoms with Crippen LogP contribution in [0.3, 0.4) is 0 Å². The highest BCUT2D eigenvalue weighted by atomic mass is 32.1. The van der Waals surface area contributed by atoms with Crippen LogP contribution in [0.5, 0.6) is 0 Å². The smallest absolute Gasteiger partial charge is 0.414 e. The third-order valence-electron chi connectivity index (χ3n) is 5.33. The lowest BCUT2D eigenvalue weighted by atomic mass is 10.2. The van der Waals surface area contributed by atoms with Crippen molar-refractivity contribution in [3.63, 3.8) is 0 Å². The minimum Gasteiger partial charge on any atom is -0.442 e. The van der Waals surface area contributed by atoms with Crippen molar-refractivity contribution in [1.29, 1.82) is 0 Å². The molecule has 3 rings (SSSR count). The summed E-state index contributed by atoms with van der Waals surface area (Å²) >= 11 is 5.28. The predicted octanol–water partition coefficient (Wildman–Crippen LogP) is 1.88. The summed E-state index contributed by atoms with van der Waals surface area (Å²) in [6.45, 7) is 8.08. The Labute approximate surface area is 183 Å². The van der Waals surface area contributed by atoms with Gasteiger partial charge in [-0.2, -0.15) is 0 Å². The molecule has 0 aromatic heterocycles. The highest BCUT2D eigenvalue weighted by molar-refractivity contribution is 7.80. The van der Waals surface area contributed by atoms with E-state index in [1.165, 1.54) is 7.11 Å². The molecule has 0 spiro atoms. The van der Waals surface area contributed by atoms with Gasteiger partial charge in [-0.25, -0.2) is 4.79 Å². The molecular formula is C21H30N4O4S. The van der Waals surface area contributed by atoms with Gasteiger partial charge in [0.25, 0.3) is 0 Å². The van der Waals surface area contributed by atoms with Crippen LogP contribution in [-0.4, -0.2) is 81.0 Å². The van der Waals surface area contributed by atoms with E-state index in [4.69, 9.17) is 21.7 Å². The molecule has 2 fully saturated rings. The zero-order valence-electron chi connectivity index (χ0n) is 17.8. The molecule has 0 aliphatic carbocycles. The number of nitrogens with one attached hydrogen (secondary N) is 1. The molecule has 2 saturated heterocycles. The summed E-state index contributed by atoms with van der Waals surface area (Å²) in [5.74, 6) is 0.291. The molecule has 30 heavy (non-hydrogen) atoms. The average molecular weight is 435 g/mol. The molecule has 1 N–H and O–H groups in total. The number of carbonyl (C=O) groups is 2. The molecule has 1 atom stereocenters. The number of rotatable bonds is 7. The Kier molecular flexibility index (Phi) is 7.49. The van der Waals surface area contributed by atoms with Crippen LogP contribution in [0.1, 0.15) is 13.8 Å².